The number of urea groups is 1. The Morgan fingerprint density at radius 1 is 1.03 bits per heavy atom. The molecule has 7 heteroatoms. The first-order chi connectivity index (χ1) is 16.4. The smallest absolute Gasteiger partial charge is 0.325 e. The highest BCUT2D eigenvalue weighted by Crippen LogP contribution is 2.31. The Hall–Kier alpha value is -4.44. The van der Waals surface area contributed by atoms with Crippen molar-refractivity contribution >= 4 is 39.4 Å². The number of imide groups is 1. The molecule has 0 saturated carbocycles. The highest BCUT2D eigenvalue weighted by atomic mass is 16.2. The summed E-state index contributed by atoms with van der Waals surface area (Å²) in [7, 11) is 0. The molecule has 3 aromatic carbocycles. The van der Waals surface area contributed by atoms with Gasteiger partial charge in [-0.2, -0.15) is 5.26 Å². The van der Waals surface area contributed by atoms with E-state index in [0.717, 1.165) is 26.6 Å². The minimum Gasteiger partial charge on any atom is -0.346 e. The van der Waals surface area contributed by atoms with Crippen molar-refractivity contribution in [3.63, 3.8) is 0 Å². The molecular formula is C27H22N4O3. The quantitative estimate of drug-likeness (QED) is 0.349. The van der Waals surface area contributed by atoms with Gasteiger partial charge in [-0.15, -0.1) is 0 Å². The van der Waals surface area contributed by atoms with E-state index in [1.165, 1.54) is 0 Å². The molecule has 0 spiro atoms. The zero-order valence-corrected chi connectivity index (χ0v) is 18.6. The van der Waals surface area contributed by atoms with E-state index in [-0.39, 0.29) is 12.3 Å². The Kier molecular flexibility index (Phi) is 5.14. The Balaban J connectivity index is 1.44. The van der Waals surface area contributed by atoms with Crippen LogP contribution in [0.4, 0.5) is 4.79 Å². The van der Waals surface area contributed by atoms with Crippen molar-refractivity contribution in [3.05, 3.63) is 84.1 Å². The van der Waals surface area contributed by atoms with Gasteiger partial charge in [-0.3, -0.25) is 14.5 Å². The van der Waals surface area contributed by atoms with Gasteiger partial charge in [0.05, 0.1) is 19.0 Å². The van der Waals surface area contributed by atoms with Gasteiger partial charge in [-0.1, -0.05) is 54.6 Å². The molecule has 0 radical (unpaired) electrons. The largest absolute Gasteiger partial charge is 0.346 e. The predicted molar refractivity (Wildman–Crippen MR) is 128 cm³/mol. The number of aryl methyl sites for hydroxylation is 1. The van der Waals surface area contributed by atoms with Crippen molar-refractivity contribution in [1.29, 1.82) is 5.26 Å². The molecular weight excluding hydrogens is 428 g/mol. The van der Waals surface area contributed by atoms with Gasteiger partial charge in [0.25, 0.3) is 5.91 Å². The second-order valence-corrected chi connectivity index (χ2v) is 8.59. The number of nitrogens with zero attached hydrogens (tertiary/aromatic N) is 3. The van der Waals surface area contributed by atoms with Crippen LogP contribution in [0.5, 0.6) is 0 Å². The molecule has 1 saturated heterocycles. The number of benzene rings is 3. The van der Waals surface area contributed by atoms with Crippen LogP contribution in [-0.4, -0.2) is 33.7 Å². The summed E-state index contributed by atoms with van der Waals surface area (Å²) in [6.45, 7) is 1.75. The molecule has 1 atom stereocenters. The first-order valence-electron chi connectivity index (χ1n) is 11.0. The number of fused-ring (bicyclic) bond motifs is 2. The number of ketones is 1. The lowest BCUT2D eigenvalue weighted by molar-refractivity contribution is -0.130. The number of amides is 3. The van der Waals surface area contributed by atoms with Crippen LogP contribution in [0.25, 0.3) is 21.7 Å². The van der Waals surface area contributed by atoms with E-state index in [4.69, 9.17) is 5.26 Å². The van der Waals surface area contributed by atoms with Gasteiger partial charge in [0.15, 0.2) is 5.78 Å². The lowest BCUT2D eigenvalue weighted by Crippen LogP contribution is -2.41. The summed E-state index contributed by atoms with van der Waals surface area (Å²) in [4.78, 5) is 40.5. The molecule has 2 heterocycles. The SMILES string of the molecule is CC1(c2ccc3ccccc3c2)NC(=O)N(CC(=O)c2cn(CCC#N)c3ccccc23)C1=O. The van der Waals surface area contributed by atoms with E-state index in [2.05, 4.69) is 11.4 Å². The minimum atomic E-state index is -1.26. The summed E-state index contributed by atoms with van der Waals surface area (Å²) in [6.07, 6.45) is 2.01. The molecule has 5 rings (SSSR count). The van der Waals surface area contributed by atoms with Gasteiger partial charge in [-0.25, -0.2) is 4.79 Å². The molecule has 1 N–H and O–H groups in total. The lowest BCUT2D eigenvalue weighted by atomic mass is 9.90. The van der Waals surface area contributed by atoms with E-state index in [1.807, 2.05) is 71.3 Å². The number of rotatable bonds is 6. The number of aromatic nitrogens is 1. The zero-order chi connectivity index (χ0) is 23.9. The Labute approximate surface area is 196 Å². The number of hydrogen-bond acceptors (Lipinski definition) is 4. The average Bonchev–Trinajstić information content (AvgIpc) is 3.33. The number of carbonyl (C=O) groups excluding carboxylic acids is 3. The van der Waals surface area contributed by atoms with Crippen LogP contribution < -0.4 is 5.32 Å². The van der Waals surface area contributed by atoms with Crippen molar-refractivity contribution in [1.82, 2.24) is 14.8 Å². The predicted octanol–water partition coefficient (Wildman–Crippen LogP) is 4.36. The molecule has 34 heavy (non-hydrogen) atoms. The monoisotopic (exact) mass is 450 g/mol. The van der Waals surface area contributed by atoms with Crippen LogP contribution in [-0.2, 0) is 16.9 Å². The lowest BCUT2D eigenvalue weighted by Gasteiger charge is -2.22. The van der Waals surface area contributed by atoms with E-state index >= 15 is 0 Å². The number of para-hydroxylation sites is 1. The minimum absolute atomic E-state index is 0.309. The van der Waals surface area contributed by atoms with Crippen LogP contribution in [0.2, 0.25) is 0 Å². The summed E-state index contributed by atoms with van der Waals surface area (Å²) >= 11 is 0. The van der Waals surface area contributed by atoms with Crippen LogP contribution in [0.3, 0.4) is 0 Å². The van der Waals surface area contributed by atoms with E-state index in [9.17, 15) is 14.4 Å². The zero-order valence-electron chi connectivity index (χ0n) is 18.6. The summed E-state index contributed by atoms with van der Waals surface area (Å²) in [5, 5.41) is 14.5. The maximum atomic E-state index is 13.4. The van der Waals surface area contributed by atoms with Crippen LogP contribution in [0.15, 0.2) is 72.9 Å². The third-order valence-electron chi connectivity index (χ3n) is 6.46. The number of carbonyl (C=O) groups is 3. The van der Waals surface area contributed by atoms with Gasteiger partial charge in [0.2, 0.25) is 0 Å². The average molecular weight is 450 g/mol. The van der Waals surface area contributed by atoms with Gasteiger partial charge in [-0.05, 0) is 35.4 Å². The molecule has 3 amide bonds. The number of nitriles is 1. The van der Waals surface area contributed by atoms with Crippen molar-refractivity contribution in [2.45, 2.75) is 25.4 Å². The fourth-order valence-corrected chi connectivity index (χ4v) is 4.59. The first kappa shape index (κ1) is 21.4. The molecule has 0 bridgehead atoms. The van der Waals surface area contributed by atoms with Crippen LogP contribution in [0, 0.1) is 11.3 Å². The third-order valence-corrected chi connectivity index (χ3v) is 6.46. The molecule has 7 nitrogen and oxygen atoms in total. The first-order valence-corrected chi connectivity index (χ1v) is 11.0. The van der Waals surface area contributed by atoms with E-state index < -0.39 is 17.5 Å². The maximum Gasteiger partial charge on any atom is 0.325 e. The summed E-state index contributed by atoms with van der Waals surface area (Å²) in [6, 6.07) is 22.4. The molecule has 168 valence electrons. The highest BCUT2D eigenvalue weighted by molar-refractivity contribution is 6.14. The van der Waals surface area contributed by atoms with Crippen molar-refractivity contribution in [2.24, 2.45) is 0 Å². The Morgan fingerprint density at radius 2 is 1.76 bits per heavy atom. The van der Waals surface area contributed by atoms with E-state index in [0.29, 0.717) is 24.1 Å². The number of hydrogen-bond donors (Lipinski definition) is 1. The van der Waals surface area contributed by atoms with Crippen LogP contribution in [0.1, 0.15) is 29.3 Å². The topological polar surface area (TPSA) is 95.2 Å². The normalized spacial score (nSPS) is 17.8. The van der Waals surface area contributed by atoms with E-state index in [1.54, 1.807) is 13.1 Å². The van der Waals surface area contributed by atoms with Gasteiger partial charge in [0, 0.05) is 29.2 Å². The molecule has 1 aliphatic heterocycles. The molecule has 1 aromatic heterocycles. The van der Waals surface area contributed by atoms with Gasteiger partial charge >= 0.3 is 6.03 Å². The number of nitrogens with one attached hydrogen (secondary N) is 1. The van der Waals surface area contributed by atoms with Crippen LogP contribution >= 0.6 is 0 Å². The molecule has 1 unspecified atom stereocenters. The summed E-state index contributed by atoms with van der Waals surface area (Å²) in [5.41, 5.74) is 0.655. The third kappa shape index (κ3) is 3.41. The van der Waals surface area contributed by atoms with Gasteiger partial charge in [0.1, 0.15) is 5.54 Å². The second kappa shape index (κ2) is 8.16. The standard InChI is InChI=1S/C27H22N4O3/c1-27(20-12-11-18-7-2-3-8-19(18)15-20)25(33)31(26(34)29-27)17-24(32)22-16-30(14-6-13-28)23-10-5-4-9-21(22)23/h2-5,7-12,15-16H,6,14,17H2,1H3,(H,29,34). The van der Waals surface area contributed by atoms with Crippen molar-refractivity contribution in [3.8, 4) is 6.07 Å². The molecule has 1 fully saturated rings. The fraction of sp³-hybridized carbons (Fsp3) is 0.185. The molecule has 0 aliphatic carbocycles. The second-order valence-electron chi connectivity index (χ2n) is 8.59. The fourth-order valence-electron chi connectivity index (χ4n) is 4.59. The highest BCUT2D eigenvalue weighted by Gasteiger charge is 2.49. The van der Waals surface area contributed by atoms with Crippen molar-refractivity contribution in [2.75, 3.05) is 6.54 Å². The maximum absolute atomic E-state index is 13.4. The van der Waals surface area contributed by atoms with Crippen molar-refractivity contribution < 1.29 is 14.4 Å². The summed E-state index contributed by atoms with van der Waals surface area (Å²) < 4.78 is 1.86. The Morgan fingerprint density at radius 3 is 2.56 bits per heavy atom. The molecule has 1 aliphatic rings. The molecule has 4 aromatic rings. The Bertz CT molecular complexity index is 1510. The van der Waals surface area contributed by atoms with Gasteiger partial charge < -0.3 is 9.88 Å². The number of Topliss-reactive ketones (excluding diaryl/α,β-unsaturated/α-hetero) is 1. The summed E-state index contributed by atoms with van der Waals surface area (Å²) in [5.74, 6) is -0.799.